The van der Waals surface area contributed by atoms with Crippen LogP contribution in [0.15, 0.2) is 42.7 Å². The maximum absolute atomic E-state index is 12.5. The summed E-state index contributed by atoms with van der Waals surface area (Å²) < 4.78 is 0. The van der Waals surface area contributed by atoms with Crippen molar-refractivity contribution in [2.75, 3.05) is 5.73 Å². The van der Waals surface area contributed by atoms with Crippen LogP contribution in [0.3, 0.4) is 0 Å². The van der Waals surface area contributed by atoms with E-state index in [0.29, 0.717) is 12.1 Å². The topological polar surface area (TPSA) is 72.1 Å². The maximum atomic E-state index is 12.5. The van der Waals surface area contributed by atoms with Gasteiger partial charge in [0.2, 0.25) is 0 Å². The highest BCUT2D eigenvalue weighted by molar-refractivity contribution is 5.93. The molecule has 0 aliphatic carbocycles. The zero-order chi connectivity index (χ0) is 14.5. The number of hydrogen-bond acceptors (Lipinski definition) is 4. The quantitative estimate of drug-likeness (QED) is 0.864. The molecule has 0 spiro atoms. The minimum absolute atomic E-state index is 0.0493. The third-order valence-corrected chi connectivity index (χ3v) is 3.05. The van der Waals surface area contributed by atoms with Gasteiger partial charge in [0.05, 0.1) is 18.0 Å². The van der Waals surface area contributed by atoms with Crippen molar-refractivity contribution in [2.24, 2.45) is 0 Å². The standard InChI is InChI=1S/C15H18N4O/c1-11(2)19(10-12-3-5-14(16)6-4-12)15(20)13-7-8-17-18-9-13/h3-9,11H,10,16H2,1-2H3. The molecule has 1 heterocycles. The molecule has 0 saturated heterocycles. The summed E-state index contributed by atoms with van der Waals surface area (Å²) in [6.07, 6.45) is 3.01. The molecule has 5 heteroatoms. The van der Waals surface area contributed by atoms with E-state index in [1.54, 1.807) is 11.0 Å². The lowest BCUT2D eigenvalue weighted by molar-refractivity contribution is 0.0689. The fraction of sp³-hybridized carbons (Fsp3) is 0.267. The van der Waals surface area contributed by atoms with Crippen LogP contribution >= 0.6 is 0 Å². The first-order chi connectivity index (χ1) is 9.58. The van der Waals surface area contributed by atoms with E-state index in [0.717, 1.165) is 11.3 Å². The molecule has 0 bridgehead atoms. The van der Waals surface area contributed by atoms with Crippen molar-refractivity contribution >= 4 is 11.6 Å². The Hall–Kier alpha value is -2.43. The molecule has 2 N–H and O–H groups in total. The molecule has 1 aromatic carbocycles. The van der Waals surface area contributed by atoms with E-state index in [1.807, 2.05) is 38.1 Å². The molecular weight excluding hydrogens is 252 g/mol. The van der Waals surface area contributed by atoms with Gasteiger partial charge in [0.25, 0.3) is 5.91 Å². The molecule has 104 valence electrons. The summed E-state index contributed by atoms with van der Waals surface area (Å²) in [6, 6.07) is 9.31. The Morgan fingerprint density at radius 1 is 1.20 bits per heavy atom. The van der Waals surface area contributed by atoms with Crippen molar-refractivity contribution in [3.63, 3.8) is 0 Å². The molecule has 0 aliphatic heterocycles. The summed E-state index contributed by atoms with van der Waals surface area (Å²) in [5, 5.41) is 7.44. The number of nitrogen functional groups attached to an aromatic ring is 1. The Bertz CT molecular complexity index is 566. The van der Waals surface area contributed by atoms with Crippen molar-refractivity contribution < 1.29 is 4.79 Å². The van der Waals surface area contributed by atoms with Crippen molar-refractivity contribution in [1.82, 2.24) is 15.1 Å². The van der Waals surface area contributed by atoms with E-state index < -0.39 is 0 Å². The Kier molecular flexibility index (Phi) is 4.30. The molecule has 0 radical (unpaired) electrons. The lowest BCUT2D eigenvalue weighted by Gasteiger charge is -2.27. The Labute approximate surface area is 118 Å². The highest BCUT2D eigenvalue weighted by Crippen LogP contribution is 2.14. The number of rotatable bonds is 4. The zero-order valence-corrected chi connectivity index (χ0v) is 11.7. The normalized spacial score (nSPS) is 10.6. The molecule has 0 atom stereocenters. The van der Waals surface area contributed by atoms with Gasteiger partial charge in [0, 0.05) is 18.3 Å². The van der Waals surface area contributed by atoms with Crippen LogP contribution in [0.1, 0.15) is 29.8 Å². The van der Waals surface area contributed by atoms with Crippen LogP contribution in [0.2, 0.25) is 0 Å². The first-order valence-corrected chi connectivity index (χ1v) is 6.50. The zero-order valence-electron chi connectivity index (χ0n) is 11.7. The van der Waals surface area contributed by atoms with E-state index in [4.69, 9.17) is 5.73 Å². The number of hydrogen-bond donors (Lipinski definition) is 1. The van der Waals surface area contributed by atoms with Gasteiger partial charge in [-0.15, -0.1) is 0 Å². The first-order valence-electron chi connectivity index (χ1n) is 6.50. The largest absolute Gasteiger partial charge is 0.399 e. The highest BCUT2D eigenvalue weighted by Gasteiger charge is 2.19. The van der Waals surface area contributed by atoms with E-state index in [2.05, 4.69) is 10.2 Å². The molecule has 0 fully saturated rings. The molecule has 0 aliphatic rings. The summed E-state index contributed by atoms with van der Waals surface area (Å²) in [7, 11) is 0. The van der Waals surface area contributed by atoms with Crippen LogP contribution in [0.5, 0.6) is 0 Å². The maximum Gasteiger partial charge on any atom is 0.256 e. The smallest absolute Gasteiger partial charge is 0.256 e. The second-order valence-electron chi connectivity index (χ2n) is 4.90. The highest BCUT2D eigenvalue weighted by atomic mass is 16.2. The number of nitrogens with two attached hydrogens (primary N) is 1. The summed E-state index contributed by atoms with van der Waals surface area (Å²) in [5.41, 5.74) is 7.98. The van der Waals surface area contributed by atoms with Crippen LogP contribution < -0.4 is 5.73 Å². The van der Waals surface area contributed by atoms with Crippen molar-refractivity contribution in [2.45, 2.75) is 26.4 Å². The second kappa shape index (κ2) is 6.14. The molecule has 0 saturated carbocycles. The minimum atomic E-state index is -0.0493. The Morgan fingerprint density at radius 2 is 1.90 bits per heavy atom. The van der Waals surface area contributed by atoms with Gasteiger partial charge >= 0.3 is 0 Å². The van der Waals surface area contributed by atoms with Crippen LogP contribution in [0.4, 0.5) is 5.69 Å². The number of anilines is 1. The molecular formula is C15H18N4O. The summed E-state index contributed by atoms with van der Waals surface area (Å²) >= 11 is 0. The predicted molar refractivity (Wildman–Crippen MR) is 77.9 cm³/mol. The van der Waals surface area contributed by atoms with Crippen molar-refractivity contribution in [3.05, 3.63) is 53.9 Å². The Balaban J connectivity index is 2.19. The van der Waals surface area contributed by atoms with Gasteiger partial charge in [0.15, 0.2) is 0 Å². The average molecular weight is 270 g/mol. The van der Waals surface area contributed by atoms with Crippen LogP contribution in [0.25, 0.3) is 0 Å². The number of benzene rings is 1. The third-order valence-electron chi connectivity index (χ3n) is 3.05. The van der Waals surface area contributed by atoms with Gasteiger partial charge in [-0.3, -0.25) is 4.79 Å². The SMILES string of the molecule is CC(C)N(Cc1ccc(N)cc1)C(=O)c1ccnnc1. The fourth-order valence-electron chi connectivity index (χ4n) is 1.89. The monoisotopic (exact) mass is 270 g/mol. The fourth-order valence-corrected chi connectivity index (χ4v) is 1.89. The van der Waals surface area contributed by atoms with E-state index in [-0.39, 0.29) is 11.9 Å². The summed E-state index contributed by atoms with van der Waals surface area (Å²) in [5.74, 6) is -0.0493. The molecule has 2 rings (SSSR count). The predicted octanol–water partition coefficient (Wildman–Crippen LogP) is 2.11. The van der Waals surface area contributed by atoms with Crippen LogP contribution in [-0.4, -0.2) is 27.0 Å². The number of aromatic nitrogens is 2. The van der Waals surface area contributed by atoms with Gasteiger partial charge in [-0.1, -0.05) is 12.1 Å². The first kappa shape index (κ1) is 14.0. The van der Waals surface area contributed by atoms with E-state index in [1.165, 1.54) is 12.4 Å². The van der Waals surface area contributed by atoms with Gasteiger partial charge in [0.1, 0.15) is 0 Å². The number of carbonyl (C=O) groups is 1. The molecule has 20 heavy (non-hydrogen) atoms. The van der Waals surface area contributed by atoms with E-state index in [9.17, 15) is 4.79 Å². The molecule has 0 unspecified atom stereocenters. The van der Waals surface area contributed by atoms with Gasteiger partial charge in [-0.25, -0.2) is 0 Å². The van der Waals surface area contributed by atoms with Crippen molar-refractivity contribution in [3.8, 4) is 0 Å². The second-order valence-corrected chi connectivity index (χ2v) is 4.90. The Morgan fingerprint density at radius 3 is 2.45 bits per heavy atom. The lowest BCUT2D eigenvalue weighted by atomic mass is 10.1. The average Bonchev–Trinajstić information content (AvgIpc) is 2.46. The lowest BCUT2D eigenvalue weighted by Crippen LogP contribution is -2.36. The minimum Gasteiger partial charge on any atom is -0.399 e. The van der Waals surface area contributed by atoms with E-state index >= 15 is 0 Å². The third kappa shape index (κ3) is 3.32. The molecule has 5 nitrogen and oxygen atoms in total. The van der Waals surface area contributed by atoms with Crippen molar-refractivity contribution in [1.29, 1.82) is 0 Å². The van der Waals surface area contributed by atoms with Gasteiger partial charge < -0.3 is 10.6 Å². The molecule has 1 amide bonds. The summed E-state index contributed by atoms with van der Waals surface area (Å²) in [6.45, 7) is 4.52. The van der Waals surface area contributed by atoms with Crippen LogP contribution in [-0.2, 0) is 6.54 Å². The molecule has 2 aromatic rings. The number of carbonyl (C=O) groups excluding carboxylic acids is 1. The van der Waals surface area contributed by atoms with Gasteiger partial charge in [-0.2, -0.15) is 10.2 Å². The van der Waals surface area contributed by atoms with Gasteiger partial charge in [-0.05, 0) is 37.6 Å². The number of nitrogens with zero attached hydrogens (tertiary/aromatic N) is 3. The van der Waals surface area contributed by atoms with Crippen LogP contribution in [0, 0.1) is 0 Å². The summed E-state index contributed by atoms with van der Waals surface area (Å²) in [4.78, 5) is 14.3. The number of amides is 1. The molecule has 1 aromatic heterocycles.